The molecular weight excluding hydrogens is 446 g/mol. The molecule has 2 aliphatic heterocycles. The van der Waals surface area contributed by atoms with Crippen LogP contribution < -0.4 is 19.9 Å². The van der Waals surface area contributed by atoms with E-state index in [9.17, 15) is 9.59 Å². The fourth-order valence-corrected chi connectivity index (χ4v) is 4.44. The number of aromatic nitrogens is 3. The van der Waals surface area contributed by atoms with Gasteiger partial charge < -0.3 is 24.8 Å². The number of carbonyl (C=O) groups excluding carboxylic acids is 2. The first kappa shape index (κ1) is 22.6. The zero-order valence-corrected chi connectivity index (χ0v) is 19.5. The number of rotatable bonds is 6. The minimum Gasteiger partial charge on any atom is -0.497 e. The summed E-state index contributed by atoms with van der Waals surface area (Å²) in [5.41, 5.74) is 1.68. The lowest BCUT2D eigenvalue weighted by Crippen LogP contribution is -2.51. The van der Waals surface area contributed by atoms with Crippen molar-refractivity contribution in [3.8, 4) is 5.75 Å². The molecule has 4 heterocycles. The summed E-state index contributed by atoms with van der Waals surface area (Å²) >= 11 is 0. The van der Waals surface area contributed by atoms with Crippen LogP contribution in [-0.4, -0.2) is 71.7 Å². The summed E-state index contributed by atoms with van der Waals surface area (Å²) in [5.74, 6) is 1.85. The van der Waals surface area contributed by atoms with Crippen LogP contribution in [0.3, 0.4) is 0 Å². The van der Waals surface area contributed by atoms with Crippen molar-refractivity contribution >= 4 is 34.8 Å². The molecule has 0 bridgehead atoms. The number of nitrogens with one attached hydrogen (secondary N) is 1. The molecule has 1 N–H and O–H groups in total. The van der Waals surface area contributed by atoms with E-state index >= 15 is 0 Å². The predicted octanol–water partition coefficient (Wildman–Crippen LogP) is 2.33. The first-order valence-corrected chi connectivity index (χ1v) is 11.6. The average Bonchev–Trinajstić information content (AvgIpc) is 3.31. The van der Waals surface area contributed by atoms with E-state index in [2.05, 4.69) is 25.4 Å². The molecule has 1 aromatic carbocycles. The maximum Gasteiger partial charge on any atom is 0.228 e. The highest BCUT2D eigenvalue weighted by molar-refractivity contribution is 6.00. The standard InChI is InChI=1S/C25H27N7O3/c1-35-21-4-2-20(3-5-21)32-17-18(16-24(32)33)25(34)31-14-12-30(13-15-31)23-7-6-22(28-29-23)27-19-8-10-26-11-9-19/h2-11,18H,12-17H2,1H3,(H,26,27,28). The van der Waals surface area contributed by atoms with Crippen molar-refractivity contribution in [1.82, 2.24) is 20.1 Å². The Bertz CT molecular complexity index is 1160. The Kier molecular flexibility index (Phi) is 6.42. The monoisotopic (exact) mass is 473 g/mol. The lowest BCUT2D eigenvalue weighted by Gasteiger charge is -2.36. The van der Waals surface area contributed by atoms with E-state index in [1.54, 1.807) is 24.4 Å². The molecule has 2 saturated heterocycles. The summed E-state index contributed by atoms with van der Waals surface area (Å²) in [5, 5.41) is 11.8. The number of carbonyl (C=O) groups is 2. The zero-order valence-electron chi connectivity index (χ0n) is 19.5. The molecule has 2 fully saturated rings. The summed E-state index contributed by atoms with van der Waals surface area (Å²) in [6, 6.07) is 14.9. The second-order valence-corrected chi connectivity index (χ2v) is 8.55. The highest BCUT2D eigenvalue weighted by Gasteiger charge is 2.38. The number of methoxy groups -OCH3 is 1. The van der Waals surface area contributed by atoms with Gasteiger partial charge in [0, 0.05) is 62.9 Å². The van der Waals surface area contributed by atoms with Crippen molar-refractivity contribution in [2.45, 2.75) is 6.42 Å². The van der Waals surface area contributed by atoms with E-state index in [0.717, 1.165) is 22.9 Å². The Morgan fingerprint density at radius 1 is 0.971 bits per heavy atom. The van der Waals surface area contributed by atoms with Crippen LogP contribution in [0.2, 0.25) is 0 Å². The van der Waals surface area contributed by atoms with Gasteiger partial charge in [-0.1, -0.05) is 0 Å². The largest absolute Gasteiger partial charge is 0.497 e. The Hall–Kier alpha value is -4.21. The summed E-state index contributed by atoms with van der Waals surface area (Å²) < 4.78 is 5.19. The number of hydrogen-bond donors (Lipinski definition) is 1. The lowest BCUT2D eigenvalue weighted by atomic mass is 10.1. The summed E-state index contributed by atoms with van der Waals surface area (Å²) in [7, 11) is 1.60. The molecule has 0 radical (unpaired) electrons. The number of anilines is 4. The fraction of sp³-hybridized carbons (Fsp3) is 0.320. The van der Waals surface area contributed by atoms with E-state index < -0.39 is 0 Å². The Labute approximate surface area is 203 Å². The molecule has 5 rings (SSSR count). The molecule has 0 aliphatic carbocycles. The lowest BCUT2D eigenvalue weighted by molar-refractivity contribution is -0.136. The molecule has 3 aromatic rings. The van der Waals surface area contributed by atoms with Crippen LogP contribution in [0.15, 0.2) is 60.9 Å². The van der Waals surface area contributed by atoms with Crippen LogP contribution in [-0.2, 0) is 9.59 Å². The zero-order chi connectivity index (χ0) is 24.2. The van der Waals surface area contributed by atoms with Crippen LogP contribution in [0.4, 0.5) is 23.0 Å². The number of amides is 2. The van der Waals surface area contributed by atoms with Gasteiger partial charge in [0.15, 0.2) is 11.6 Å². The first-order chi connectivity index (χ1) is 17.1. The van der Waals surface area contributed by atoms with Crippen molar-refractivity contribution < 1.29 is 14.3 Å². The topological polar surface area (TPSA) is 104 Å². The molecule has 2 aliphatic rings. The van der Waals surface area contributed by atoms with Gasteiger partial charge in [0.25, 0.3) is 0 Å². The molecule has 35 heavy (non-hydrogen) atoms. The van der Waals surface area contributed by atoms with Crippen LogP contribution in [0.1, 0.15) is 6.42 Å². The third kappa shape index (κ3) is 5.01. The molecule has 1 unspecified atom stereocenters. The van der Waals surface area contributed by atoms with E-state index in [4.69, 9.17) is 4.74 Å². The van der Waals surface area contributed by atoms with Gasteiger partial charge in [-0.3, -0.25) is 14.6 Å². The Morgan fingerprint density at radius 3 is 2.37 bits per heavy atom. The summed E-state index contributed by atoms with van der Waals surface area (Å²) in [6.45, 7) is 2.91. The van der Waals surface area contributed by atoms with Crippen LogP contribution in [0.5, 0.6) is 5.75 Å². The maximum absolute atomic E-state index is 13.2. The van der Waals surface area contributed by atoms with Crippen molar-refractivity contribution in [2.24, 2.45) is 5.92 Å². The van der Waals surface area contributed by atoms with E-state index in [1.807, 2.05) is 53.4 Å². The van der Waals surface area contributed by atoms with Crippen LogP contribution in [0, 0.1) is 5.92 Å². The third-order valence-corrected chi connectivity index (χ3v) is 6.38. The van der Waals surface area contributed by atoms with Crippen molar-refractivity contribution in [3.05, 3.63) is 60.9 Å². The minimum atomic E-state index is -0.325. The Morgan fingerprint density at radius 2 is 1.71 bits per heavy atom. The quantitative estimate of drug-likeness (QED) is 0.582. The van der Waals surface area contributed by atoms with E-state index in [1.165, 1.54) is 0 Å². The van der Waals surface area contributed by atoms with Crippen molar-refractivity contribution in [1.29, 1.82) is 0 Å². The summed E-state index contributed by atoms with van der Waals surface area (Å²) in [4.78, 5) is 35.4. The minimum absolute atomic E-state index is 0.0251. The molecule has 0 saturated carbocycles. The number of piperazine rings is 1. The van der Waals surface area contributed by atoms with Crippen molar-refractivity contribution in [2.75, 3.05) is 55.0 Å². The molecule has 2 amide bonds. The van der Waals surface area contributed by atoms with Gasteiger partial charge in [-0.05, 0) is 48.5 Å². The van der Waals surface area contributed by atoms with Gasteiger partial charge in [-0.15, -0.1) is 10.2 Å². The second-order valence-electron chi connectivity index (χ2n) is 8.55. The molecule has 1 atom stereocenters. The number of ether oxygens (including phenoxy) is 1. The first-order valence-electron chi connectivity index (χ1n) is 11.6. The molecular formula is C25H27N7O3. The highest BCUT2D eigenvalue weighted by atomic mass is 16.5. The van der Waals surface area contributed by atoms with Gasteiger partial charge in [0.05, 0.1) is 13.0 Å². The van der Waals surface area contributed by atoms with Gasteiger partial charge in [-0.2, -0.15) is 0 Å². The van der Waals surface area contributed by atoms with Gasteiger partial charge in [0.2, 0.25) is 11.8 Å². The Balaban J connectivity index is 1.14. The molecule has 10 nitrogen and oxygen atoms in total. The molecule has 2 aromatic heterocycles. The SMILES string of the molecule is COc1ccc(N2CC(C(=O)N3CCN(c4ccc(Nc5ccncc5)nn4)CC3)CC2=O)cc1. The van der Waals surface area contributed by atoms with E-state index in [-0.39, 0.29) is 24.2 Å². The van der Waals surface area contributed by atoms with Crippen LogP contribution >= 0.6 is 0 Å². The highest BCUT2D eigenvalue weighted by Crippen LogP contribution is 2.28. The fourth-order valence-electron chi connectivity index (χ4n) is 4.44. The van der Waals surface area contributed by atoms with Gasteiger partial charge in [-0.25, -0.2) is 0 Å². The number of pyridine rings is 1. The summed E-state index contributed by atoms with van der Waals surface area (Å²) in [6.07, 6.45) is 3.66. The normalized spacial score (nSPS) is 18.0. The van der Waals surface area contributed by atoms with Crippen LogP contribution in [0.25, 0.3) is 0 Å². The average molecular weight is 474 g/mol. The third-order valence-electron chi connectivity index (χ3n) is 6.38. The smallest absolute Gasteiger partial charge is 0.228 e. The number of nitrogens with zero attached hydrogens (tertiary/aromatic N) is 6. The maximum atomic E-state index is 13.2. The number of benzene rings is 1. The van der Waals surface area contributed by atoms with E-state index in [0.29, 0.717) is 38.5 Å². The second kappa shape index (κ2) is 9.96. The predicted molar refractivity (Wildman–Crippen MR) is 132 cm³/mol. The molecule has 0 spiro atoms. The number of hydrogen-bond acceptors (Lipinski definition) is 8. The van der Waals surface area contributed by atoms with Gasteiger partial charge >= 0.3 is 0 Å². The molecule has 10 heteroatoms. The van der Waals surface area contributed by atoms with Gasteiger partial charge in [0.1, 0.15) is 5.75 Å². The van der Waals surface area contributed by atoms with Crippen molar-refractivity contribution in [3.63, 3.8) is 0 Å². The molecule has 180 valence electrons.